The van der Waals surface area contributed by atoms with Crippen molar-refractivity contribution < 1.29 is 0 Å². The second-order valence-electron chi connectivity index (χ2n) is 5.58. The zero-order chi connectivity index (χ0) is 13.0. The molecule has 2 atom stereocenters. The fourth-order valence-corrected chi connectivity index (χ4v) is 4.35. The van der Waals surface area contributed by atoms with E-state index in [1.165, 1.54) is 38.5 Å². The van der Waals surface area contributed by atoms with Gasteiger partial charge >= 0.3 is 0 Å². The lowest BCUT2D eigenvalue weighted by molar-refractivity contribution is 0.389. The van der Waals surface area contributed by atoms with E-state index in [9.17, 15) is 0 Å². The number of aryl methyl sites for hydroxylation is 2. The van der Waals surface area contributed by atoms with E-state index in [2.05, 4.69) is 43.5 Å². The Bertz CT molecular complexity index is 346. The van der Waals surface area contributed by atoms with Gasteiger partial charge in [0.05, 0.1) is 0 Å². The number of fused-ring (bicyclic) bond motifs is 1. The molecule has 0 aromatic carbocycles. The number of hydrogen-bond donors (Lipinski definition) is 1. The van der Waals surface area contributed by atoms with Crippen LogP contribution in [0.15, 0.2) is 6.07 Å². The van der Waals surface area contributed by atoms with Gasteiger partial charge < -0.3 is 5.32 Å². The Morgan fingerprint density at radius 2 is 2.00 bits per heavy atom. The summed E-state index contributed by atoms with van der Waals surface area (Å²) in [6.07, 6.45) is 8.07. The molecule has 0 bridgehead atoms. The van der Waals surface area contributed by atoms with Gasteiger partial charge in [0, 0.05) is 15.8 Å². The third-order valence-corrected chi connectivity index (χ3v) is 5.53. The smallest absolute Gasteiger partial charge is 0.0440 e. The normalized spacial score (nSPS) is 19.1. The summed E-state index contributed by atoms with van der Waals surface area (Å²) in [6, 6.07) is 3.07. The van der Waals surface area contributed by atoms with Crippen LogP contribution >= 0.6 is 11.3 Å². The Labute approximate surface area is 116 Å². The molecule has 1 heterocycles. The van der Waals surface area contributed by atoms with E-state index < -0.39 is 0 Å². The summed E-state index contributed by atoms with van der Waals surface area (Å²) in [4.78, 5) is 3.26. The highest BCUT2D eigenvalue weighted by Gasteiger charge is 2.21. The number of hydrogen-bond acceptors (Lipinski definition) is 2. The molecule has 0 spiro atoms. The summed E-state index contributed by atoms with van der Waals surface area (Å²) in [5.41, 5.74) is 1.65. The Balaban J connectivity index is 2.20. The van der Waals surface area contributed by atoms with Gasteiger partial charge in [-0.1, -0.05) is 33.6 Å². The highest BCUT2D eigenvalue weighted by atomic mass is 32.1. The molecule has 1 nitrogen and oxygen atoms in total. The average molecular weight is 265 g/mol. The summed E-state index contributed by atoms with van der Waals surface area (Å²) < 4.78 is 0. The summed E-state index contributed by atoms with van der Waals surface area (Å²) in [6.45, 7) is 7.96. The molecule has 1 N–H and O–H groups in total. The van der Waals surface area contributed by atoms with Crippen molar-refractivity contribution >= 4 is 11.3 Å². The molecule has 102 valence electrons. The molecule has 0 fully saturated rings. The first-order valence-corrected chi connectivity index (χ1v) is 8.42. The predicted molar refractivity (Wildman–Crippen MR) is 81.5 cm³/mol. The average Bonchev–Trinajstić information content (AvgIpc) is 2.66. The molecule has 1 aromatic heterocycles. The summed E-state index contributed by atoms with van der Waals surface area (Å²) >= 11 is 2.08. The zero-order valence-corrected chi connectivity index (χ0v) is 12.9. The van der Waals surface area contributed by atoms with Crippen molar-refractivity contribution in [3.05, 3.63) is 21.4 Å². The van der Waals surface area contributed by atoms with E-state index in [0.29, 0.717) is 6.04 Å². The van der Waals surface area contributed by atoms with Gasteiger partial charge in [-0.25, -0.2) is 0 Å². The lowest BCUT2D eigenvalue weighted by Gasteiger charge is -2.22. The topological polar surface area (TPSA) is 12.0 Å². The van der Waals surface area contributed by atoms with Crippen molar-refractivity contribution in [3.8, 4) is 0 Å². The fraction of sp³-hybridized carbons (Fsp3) is 0.750. The Morgan fingerprint density at radius 1 is 1.22 bits per heavy atom. The van der Waals surface area contributed by atoms with Crippen LogP contribution in [0.3, 0.4) is 0 Å². The SMILES string of the molecule is CCNC(c1cc2c(s1)CCCCC2)C(C)CC. The van der Waals surface area contributed by atoms with E-state index in [-0.39, 0.29) is 0 Å². The summed E-state index contributed by atoms with van der Waals surface area (Å²) in [7, 11) is 0. The first kappa shape index (κ1) is 14.1. The third-order valence-electron chi connectivity index (χ3n) is 4.21. The van der Waals surface area contributed by atoms with Gasteiger partial charge in [-0.05, 0) is 49.8 Å². The quantitative estimate of drug-likeness (QED) is 0.760. The summed E-state index contributed by atoms with van der Waals surface area (Å²) in [5.74, 6) is 0.729. The van der Waals surface area contributed by atoms with Gasteiger partial charge in [0.15, 0.2) is 0 Å². The van der Waals surface area contributed by atoms with Crippen LogP contribution in [-0.2, 0) is 12.8 Å². The predicted octanol–water partition coefficient (Wildman–Crippen LogP) is 4.71. The molecule has 1 aliphatic carbocycles. The molecular formula is C16H27NS. The maximum atomic E-state index is 3.68. The molecule has 2 unspecified atom stereocenters. The Morgan fingerprint density at radius 3 is 2.72 bits per heavy atom. The lowest BCUT2D eigenvalue weighted by Crippen LogP contribution is -2.25. The minimum Gasteiger partial charge on any atom is -0.309 e. The van der Waals surface area contributed by atoms with Crippen LogP contribution in [0.25, 0.3) is 0 Å². The van der Waals surface area contributed by atoms with Crippen LogP contribution in [0.4, 0.5) is 0 Å². The summed E-state index contributed by atoms with van der Waals surface area (Å²) in [5, 5.41) is 3.68. The van der Waals surface area contributed by atoms with Crippen LogP contribution in [0.5, 0.6) is 0 Å². The molecule has 1 aliphatic rings. The Kier molecular flexibility index (Phi) is 5.25. The molecule has 2 heteroatoms. The number of nitrogens with one attached hydrogen (secondary N) is 1. The highest BCUT2D eigenvalue weighted by Crippen LogP contribution is 2.35. The first-order valence-electron chi connectivity index (χ1n) is 7.61. The van der Waals surface area contributed by atoms with E-state index in [4.69, 9.17) is 0 Å². The van der Waals surface area contributed by atoms with Crippen LogP contribution in [0, 0.1) is 5.92 Å². The van der Waals surface area contributed by atoms with Gasteiger partial charge in [0.2, 0.25) is 0 Å². The molecule has 0 aliphatic heterocycles. The monoisotopic (exact) mass is 265 g/mol. The molecule has 0 saturated carbocycles. The Hall–Kier alpha value is -0.340. The molecular weight excluding hydrogens is 238 g/mol. The van der Waals surface area contributed by atoms with Gasteiger partial charge in [0.25, 0.3) is 0 Å². The largest absolute Gasteiger partial charge is 0.309 e. The molecule has 0 amide bonds. The first-order chi connectivity index (χ1) is 8.76. The van der Waals surface area contributed by atoms with Crippen molar-refractivity contribution in [1.29, 1.82) is 0 Å². The number of rotatable bonds is 5. The van der Waals surface area contributed by atoms with Crippen molar-refractivity contribution in [2.75, 3.05) is 6.54 Å². The van der Waals surface area contributed by atoms with Crippen molar-refractivity contribution in [2.24, 2.45) is 5.92 Å². The van der Waals surface area contributed by atoms with Crippen molar-refractivity contribution in [3.63, 3.8) is 0 Å². The molecule has 2 rings (SSSR count). The van der Waals surface area contributed by atoms with Crippen LogP contribution in [0.1, 0.15) is 67.8 Å². The second-order valence-corrected chi connectivity index (χ2v) is 6.75. The second kappa shape index (κ2) is 6.72. The van der Waals surface area contributed by atoms with Crippen LogP contribution in [0.2, 0.25) is 0 Å². The van der Waals surface area contributed by atoms with Gasteiger partial charge in [-0.3, -0.25) is 0 Å². The molecule has 0 radical (unpaired) electrons. The van der Waals surface area contributed by atoms with Crippen molar-refractivity contribution in [2.45, 2.75) is 65.3 Å². The highest BCUT2D eigenvalue weighted by molar-refractivity contribution is 7.12. The van der Waals surface area contributed by atoms with E-state index in [0.717, 1.165) is 12.5 Å². The zero-order valence-electron chi connectivity index (χ0n) is 12.1. The van der Waals surface area contributed by atoms with Gasteiger partial charge in [-0.15, -0.1) is 11.3 Å². The minimum atomic E-state index is 0.567. The van der Waals surface area contributed by atoms with Crippen LogP contribution in [-0.4, -0.2) is 6.54 Å². The lowest BCUT2D eigenvalue weighted by atomic mass is 9.97. The fourth-order valence-electron chi connectivity index (χ4n) is 2.88. The van der Waals surface area contributed by atoms with E-state index in [1.807, 2.05) is 0 Å². The van der Waals surface area contributed by atoms with Crippen molar-refractivity contribution in [1.82, 2.24) is 5.32 Å². The standard InChI is InChI=1S/C16H27NS/c1-4-12(3)16(17-5-2)15-11-13-9-7-6-8-10-14(13)18-15/h11-12,16-17H,4-10H2,1-3H3. The van der Waals surface area contributed by atoms with E-state index >= 15 is 0 Å². The maximum Gasteiger partial charge on any atom is 0.0440 e. The van der Waals surface area contributed by atoms with Gasteiger partial charge in [-0.2, -0.15) is 0 Å². The molecule has 18 heavy (non-hydrogen) atoms. The number of thiophene rings is 1. The molecule has 1 aromatic rings. The molecule has 0 saturated heterocycles. The minimum absolute atomic E-state index is 0.567. The van der Waals surface area contributed by atoms with Gasteiger partial charge in [0.1, 0.15) is 0 Å². The van der Waals surface area contributed by atoms with E-state index in [1.54, 1.807) is 15.3 Å². The maximum absolute atomic E-state index is 3.68. The van der Waals surface area contributed by atoms with Crippen LogP contribution < -0.4 is 5.32 Å². The third kappa shape index (κ3) is 3.16.